The van der Waals surface area contributed by atoms with Gasteiger partial charge >= 0.3 is 0 Å². The predicted octanol–water partition coefficient (Wildman–Crippen LogP) is 2.52. The standard InChI is InChI=1S/C14H16BrN5S/c15-11-9-10(13(16)17)1-2-12(11)19-4-6-20(7-5-19)14-18-3-8-21-14/h1-3,8-9H,4-7H2,(H3,16,17). The maximum atomic E-state index is 7.48. The Morgan fingerprint density at radius 3 is 2.52 bits per heavy atom. The number of nitrogens with one attached hydrogen (secondary N) is 1. The van der Waals surface area contributed by atoms with Crippen molar-refractivity contribution in [3.05, 3.63) is 39.8 Å². The molecular weight excluding hydrogens is 350 g/mol. The highest BCUT2D eigenvalue weighted by atomic mass is 79.9. The van der Waals surface area contributed by atoms with Crippen molar-refractivity contribution in [2.24, 2.45) is 5.73 Å². The van der Waals surface area contributed by atoms with Crippen LogP contribution in [0.2, 0.25) is 0 Å². The number of hydrogen-bond acceptors (Lipinski definition) is 5. The molecule has 1 fully saturated rings. The van der Waals surface area contributed by atoms with Crippen molar-refractivity contribution < 1.29 is 0 Å². The fraction of sp³-hybridized carbons (Fsp3) is 0.286. The van der Waals surface area contributed by atoms with Crippen molar-refractivity contribution in [2.45, 2.75) is 0 Å². The Morgan fingerprint density at radius 1 is 1.24 bits per heavy atom. The molecule has 0 bridgehead atoms. The summed E-state index contributed by atoms with van der Waals surface area (Å²) in [5.41, 5.74) is 7.41. The number of piperazine rings is 1. The second-order valence-electron chi connectivity index (χ2n) is 4.87. The van der Waals surface area contributed by atoms with E-state index in [4.69, 9.17) is 11.1 Å². The smallest absolute Gasteiger partial charge is 0.185 e. The Morgan fingerprint density at radius 2 is 1.95 bits per heavy atom. The number of benzene rings is 1. The molecule has 1 aromatic carbocycles. The number of nitrogen functional groups attached to an aromatic ring is 1. The van der Waals surface area contributed by atoms with Gasteiger partial charge in [0.15, 0.2) is 5.13 Å². The van der Waals surface area contributed by atoms with Crippen molar-refractivity contribution in [1.29, 1.82) is 5.41 Å². The van der Waals surface area contributed by atoms with Gasteiger partial charge in [0, 0.05) is 47.8 Å². The minimum absolute atomic E-state index is 0.0934. The molecule has 3 N–H and O–H groups in total. The van der Waals surface area contributed by atoms with Crippen molar-refractivity contribution in [3.63, 3.8) is 0 Å². The minimum Gasteiger partial charge on any atom is -0.384 e. The van der Waals surface area contributed by atoms with Gasteiger partial charge in [0.2, 0.25) is 0 Å². The molecule has 0 spiro atoms. The first-order chi connectivity index (χ1) is 10.1. The number of amidine groups is 1. The Bertz CT molecular complexity index is 635. The van der Waals surface area contributed by atoms with E-state index in [0.717, 1.165) is 47.0 Å². The highest BCUT2D eigenvalue weighted by Crippen LogP contribution is 2.29. The average Bonchev–Trinajstić information content (AvgIpc) is 3.01. The first-order valence-electron chi connectivity index (χ1n) is 6.68. The minimum atomic E-state index is 0.0934. The Hall–Kier alpha value is -1.60. The summed E-state index contributed by atoms with van der Waals surface area (Å²) in [6.07, 6.45) is 1.85. The quantitative estimate of drug-likeness (QED) is 0.647. The third-order valence-corrected chi connectivity index (χ3v) is 5.04. The number of rotatable bonds is 3. The lowest BCUT2D eigenvalue weighted by molar-refractivity contribution is 0.651. The van der Waals surface area contributed by atoms with E-state index in [1.807, 2.05) is 29.8 Å². The largest absolute Gasteiger partial charge is 0.384 e. The van der Waals surface area contributed by atoms with Crippen LogP contribution in [0.3, 0.4) is 0 Å². The zero-order valence-corrected chi connectivity index (χ0v) is 13.8. The lowest BCUT2D eigenvalue weighted by Gasteiger charge is -2.36. The van der Waals surface area contributed by atoms with Crippen LogP contribution in [0.5, 0.6) is 0 Å². The van der Waals surface area contributed by atoms with Crippen molar-refractivity contribution >= 4 is 43.9 Å². The van der Waals surface area contributed by atoms with Gasteiger partial charge in [0.1, 0.15) is 5.84 Å². The second-order valence-corrected chi connectivity index (χ2v) is 6.60. The molecular formula is C14H16BrN5S. The molecule has 0 saturated carbocycles. The maximum absolute atomic E-state index is 7.48. The van der Waals surface area contributed by atoms with Crippen LogP contribution in [0, 0.1) is 5.41 Å². The SMILES string of the molecule is N=C(N)c1ccc(N2CCN(c3nccs3)CC2)c(Br)c1. The molecule has 1 aliphatic rings. The van der Waals surface area contributed by atoms with E-state index in [2.05, 4.69) is 30.7 Å². The monoisotopic (exact) mass is 365 g/mol. The van der Waals surface area contributed by atoms with Gasteiger partial charge in [-0.15, -0.1) is 11.3 Å². The number of nitrogens with zero attached hydrogens (tertiary/aromatic N) is 3. The molecule has 1 aromatic heterocycles. The topological polar surface area (TPSA) is 69.2 Å². The summed E-state index contributed by atoms with van der Waals surface area (Å²) in [6, 6.07) is 5.83. The number of halogens is 1. The molecule has 1 saturated heterocycles. The van der Waals surface area contributed by atoms with Gasteiger partial charge in [0.25, 0.3) is 0 Å². The van der Waals surface area contributed by atoms with Crippen molar-refractivity contribution in [1.82, 2.24) is 4.98 Å². The maximum Gasteiger partial charge on any atom is 0.185 e. The van der Waals surface area contributed by atoms with E-state index >= 15 is 0 Å². The second kappa shape index (κ2) is 6.03. The first-order valence-corrected chi connectivity index (χ1v) is 8.36. The number of anilines is 2. The van der Waals surface area contributed by atoms with Crippen LogP contribution >= 0.6 is 27.3 Å². The Labute approximate surface area is 136 Å². The van der Waals surface area contributed by atoms with Crippen LogP contribution in [0.25, 0.3) is 0 Å². The summed E-state index contributed by atoms with van der Waals surface area (Å²) < 4.78 is 0.984. The molecule has 0 amide bonds. The van der Waals surface area contributed by atoms with Gasteiger partial charge in [0.05, 0.1) is 5.69 Å². The summed E-state index contributed by atoms with van der Waals surface area (Å²) >= 11 is 5.27. The van der Waals surface area contributed by atoms with E-state index in [1.54, 1.807) is 11.3 Å². The molecule has 7 heteroatoms. The van der Waals surface area contributed by atoms with Crippen LogP contribution in [0.4, 0.5) is 10.8 Å². The van der Waals surface area contributed by atoms with Crippen LogP contribution in [-0.2, 0) is 0 Å². The predicted molar refractivity (Wildman–Crippen MR) is 91.7 cm³/mol. The zero-order valence-electron chi connectivity index (χ0n) is 11.4. The first kappa shape index (κ1) is 14.3. The fourth-order valence-electron chi connectivity index (χ4n) is 2.44. The molecule has 110 valence electrons. The van der Waals surface area contributed by atoms with Gasteiger partial charge in [-0.3, -0.25) is 5.41 Å². The van der Waals surface area contributed by atoms with Gasteiger partial charge in [-0.2, -0.15) is 0 Å². The van der Waals surface area contributed by atoms with Gasteiger partial charge in [-0.05, 0) is 34.1 Å². The number of hydrogen-bond donors (Lipinski definition) is 2. The fourth-order valence-corrected chi connectivity index (χ4v) is 3.77. The molecule has 5 nitrogen and oxygen atoms in total. The number of nitrogens with two attached hydrogens (primary N) is 1. The van der Waals surface area contributed by atoms with Crippen LogP contribution in [0.1, 0.15) is 5.56 Å². The van der Waals surface area contributed by atoms with Crippen molar-refractivity contribution in [3.8, 4) is 0 Å². The molecule has 0 atom stereocenters. The Balaban J connectivity index is 1.71. The van der Waals surface area contributed by atoms with Crippen LogP contribution in [0.15, 0.2) is 34.2 Å². The van der Waals surface area contributed by atoms with Crippen LogP contribution < -0.4 is 15.5 Å². The van der Waals surface area contributed by atoms with E-state index < -0.39 is 0 Å². The third-order valence-electron chi connectivity index (χ3n) is 3.57. The lowest BCUT2D eigenvalue weighted by Crippen LogP contribution is -2.46. The van der Waals surface area contributed by atoms with E-state index in [0.29, 0.717) is 0 Å². The summed E-state index contributed by atoms with van der Waals surface area (Å²) in [5, 5.41) is 10.6. The summed E-state index contributed by atoms with van der Waals surface area (Å²) in [7, 11) is 0. The van der Waals surface area contributed by atoms with E-state index in [-0.39, 0.29) is 5.84 Å². The van der Waals surface area contributed by atoms with Crippen molar-refractivity contribution in [2.75, 3.05) is 36.0 Å². The Kier molecular flexibility index (Phi) is 4.12. The molecule has 0 aliphatic carbocycles. The summed E-state index contributed by atoms with van der Waals surface area (Å²) in [6.45, 7) is 3.85. The lowest BCUT2D eigenvalue weighted by atomic mass is 10.1. The number of thiazole rings is 1. The van der Waals surface area contributed by atoms with Gasteiger partial charge in [-0.25, -0.2) is 4.98 Å². The third kappa shape index (κ3) is 3.03. The van der Waals surface area contributed by atoms with Gasteiger partial charge in [-0.1, -0.05) is 0 Å². The highest BCUT2D eigenvalue weighted by molar-refractivity contribution is 9.10. The van der Waals surface area contributed by atoms with Crippen LogP contribution in [-0.4, -0.2) is 37.0 Å². The van der Waals surface area contributed by atoms with E-state index in [1.165, 1.54) is 0 Å². The molecule has 2 aromatic rings. The molecule has 2 heterocycles. The molecule has 0 radical (unpaired) electrons. The highest BCUT2D eigenvalue weighted by Gasteiger charge is 2.20. The molecule has 21 heavy (non-hydrogen) atoms. The molecule has 0 unspecified atom stereocenters. The number of aromatic nitrogens is 1. The summed E-state index contributed by atoms with van der Waals surface area (Å²) in [5.74, 6) is 0.0934. The summed E-state index contributed by atoms with van der Waals surface area (Å²) in [4.78, 5) is 9.03. The van der Waals surface area contributed by atoms with Gasteiger partial charge < -0.3 is 15.5 Å². The normalized spacial score (nSPS) is 15.3. The molecule has 1 aliphatic heterocycles. The average molecular weight is 366 g/mol. The molecule has 3 rings (SSSR count). The zero-order chi connectivity index (χ0) is 14.8. The van der Waals surface area contributed by atoms with E-state index in [9.17, 15) is 0 Å².